The number of nitrogens with one attached hydrogen (secondary N) is 1. The number of anilines is 1. The van der Waals surface area contributed by atoms with Crippen LogP contribution in [0.15, 0.2) is 49.1 Å². The van der Waals surface area contributed by atoms with Crippen molar-refractivity contribution in [1.29, 1.82) is 0 Å². The Morgan fingerprint density at radius 2 is 1.88 bits per heavy atom. The number of alkyl halides is 3. The number of amides is 1. The summed E-state index contributed by atoms with van der Waals surface area (Å²) in [6.45, 7) is 4.64. The van der Waals surface area contributed by atoms with Gasteiger partial charge in [0.25, 0.3) is 5.91 Å². The minimum atomic E-state index is -4.55. The maximum atomic E-state index is 13.8. The molecule has 11 heteroatoms. The van der Waals surface area contributed by atoms with Crippen molar-refractivity contribution >= 4 is 11.7 Å². The van der Waals surface area contributed by atoms with Crippen molar-refractivity contribution in [2.75, 3.05) is 11.9 Å². The molecule has 0 bridgehead atoms. The zero-order valence-electron chi connectivity index (χ0n) is 18.9. The van der Waals surface area contributed by atoms with Crippen molar-refractivity contribution in [3.8, 4) is 5.69 Å². The average Bonchev–Trinajstić information content (AvgIpc) is 3.37. The van der Waals surface area contributed by atoms with E-state index in [-0.39, 0.29) is 23.8 Å². The molecule has 3 aromatic rings. The van der Waals surface area contributed by atoms with Gasteiger partial charge in [-0.15, -0.1) is 0 Å². The number of piperidine rings is 1. The third kappa shape index (κ3) is 5.02. The average molecular weight is 474 g/mol. The number of para-hydroxylation sites is 1. The van der Waals surface area contributed by atoms with Crippen molar-refractivity contribution < 1.29 is 18.0 Å². The van der Waals surface area contributed by atoms with Crippen LogP contribution in [0.2, 0.25) is 0 Å². The molecule has 3 heterocycles. The molecule has 1 amide bonds. The molecule has 1 fully saturated rings. The lowest BCUT2D eigenvalue weighted by atomic mass is 9.88. The van der Waals surface area contributed by atoms with Gasteiger partial charge in [-0.3, -0.25) is 4.79 Å². The van der Waals surface area contributed by atoms with E-state index < -0.39 is 11.9 Å². The fourth-order valence-corrected chi connectivity index (χ4v) is 4.36. The van der Waals surface area contributed by atoms with Gasteiger partial charge in [-0.1, -0.05) is 26.0 Å². The third-order valence-corrected chi connectivity index (χ3v) is 6.07. The topological polar surface area (TPSA) is 88.8 Å². The molecule has 0 saturated carbocycles. The van der Waals surface area contributed by atoms with Crippen molar-refractivity contribution in [3.63, 3.8) is 0 Å². The first-order chi connectivity index (χ1) is 16.3. The van der Waals surface area contributed by atoms with Gasteiger partial charge in [0.05, 0.1) is 42.1 Å². The first-order valence-electron chi connectivity index (χ1n) is 11.2. The number of carbonyl (C=O) groups is 1. The zero-order valence-corrected chi connectivity index (χ0v) is 18.9. The van der Waals surface area contributed by atoms with Crippen molar-refractivity contribution in [1.82, 2.24) is 29.9 Å². The van der Waals surface area contributed by atoms with E-state index in [0.29, 0.717) is 36.3 Å². The molecular formula is C23H26F3N7O. The molecule has 1 aromatic carbocycles. The molecule has 1 N–H and O–H groups in total. The molecule has 34 heavy (non-hydrogen) atoms. The molecule has 1 aliphatic heterocycles. The number of hydrogen-bond acceptors (Lipinski definition) is 6. The molecule has 1 aliphatic rings. The molecular weight excluding hydrogens is 447 g/mol. The van der Waals surface area contributed by atoms with Gasteiger partial charge < -0.3 is 10.2 Å². The molecule has 0 aliphatic carbocycles. The van der Waals surface area contributed by atoms with E-state index >= 15 is 0 Å². The Balaban J connectivity index is 1.60. The summed E-state index contributed by atoms with van der Waals surface area (Å²) in [5.74, 6) is 0.425. The van der Waals surface area contributed by atoms with Gasteiger partial charge in [0.1, 0.15) is 5.82 Å². The zero-order chi connectivity index (χ0) is 24.3. The molecule has 1 saturated heterocycles. The van der Waals surface area contributed by atoms with Gasteiger partial charge in [0.15, 0.2) is 5.69 Å². The second-order valence-corrected chi connectivity index (χ2v) is 8.49. The predicted molar refractivity (Wildman–Crippen MR) is 119 cm³/mol. The Labute approximate surface area is 195 Å². The van der Waals surface area contributed by atoms with E-state index in [9.17, 15) is 18.0 Å². The second kappa shape index (κ2) is 9.78. The Bertz CT molecular complexity index is 1100. The minimum absolute atomic E-state index is 0.136. The lowest BCUT2D eigenvalue weighted by molar-refractivity contribution is -0.141. The van der Waals surface area contributed by atoms with E-state index in [1.165, 1.54) is 4.80 Å². The summed E-state index contributed by atoms with van der Waals surface area (Å²) >= 11 is 0. The summed E-state index contributed by atoms with van der Waals surface area (Å²) in [4.78, 5) is 24.4. The number of benzene rings is 1. The van der Waals surface area contributed by atoms with Gasteiger partial charge in [-0.25, -0.2) is 9.97 Å². The fourth-order valence-electron chi connectivity index (χ4n) is 4.36. The lowest BCUT2D eigenvalue weighted by Crippen LogP contribution is -2.54. The minimum Gasteiger partial charge on any atom is -0.364 e. The lowest BCUT2D eigenvalue weighted by Gasteiger charge is -2.43. The number of rotatable bonds is 6. The van der Waals surface area contributed by atoms with E-state index in [0.717, 1.165) is 19.0 Å². The van der Waals surface area contributed by atoms with Gasteiger partial charge in [0, 0.05) is 12.6 Å². The first-order valence-corrected chi connectivity index (χ1v) is 11.2. The number of halogens is 3. The van der Waals surface area contributed by atoms with E-state index in [1.54, 1.807) is 30.6 Å². The Morgan fingerprint density at radius 1 is 1.15 bits per heavy atom. The summed E-state index contributed by atoms with van der Waals surface area (Å²) < 4.78 is 38.5. The first kappa shape index (κ1) is 23.7. The van der Waals surface area contributed by atoms with Crippen LogP contribution in [0.3, 0.4) is 0 Å². The van der Waals surface area contributed by atoms with Crippen LogP contribution >= 0.6 is 0 Å². The summed E-state index contributed by atoms with van der Waals surface area (Å²) in [7, 11) is 0. The maximum absolute atomic E-state index is 13.8. The van der Waals surface area contributed by atoms with Crippen molar-refractivity contribution in [2.45, 2.75) is 51.4 Å². The summed E-state index contributed by atoms with van der Waals surface area (Å²) in [5.41, 5.74) is 0.0318. The monoisotopic (exact) mass is 473 g/mol. The van der Waals surface area contributed by atoms with Crippen LogP contribution in [0.4, 0.5) is 19.0 Å². The van der Waals surface area contributed by atoms with Crippen LogP contribution in [0.25, 0.3) is 5.69 Å². The number of nitrogens with zero attached hydrogens (tertiary/aromatic N) is 6. The number of carbonyl (C=O) groups excluding carboxylic acids is 1. The molecule has 0 radical (unpaired) electrons. The smallest absolute Gasteiger partial charge is 0.364 e. The van der Waals surface area contributed by atoms with E-state index in [4.69, 9.17) is 0 Å². The highest BCUT2D eigenvalue weighted by atomic mass is 19.4. The second-order valence-electron chi connectivity index (χ2n) is 8.49. The number of hydrogen-bond donors (Lipinski definition) is 1. The standard InChI is InChI=1S/C23H26F3N7O/c1-3-17(31-21-13-27-20(12-28-21)23(24,25)26)19-9-8-15(2)14-32(19)22(34)16-6-4-5-7-18(16)33-29-10-11-30-33/h4-7,10-13,15,17,19H,3,8-9,14H2,1-2H3,(H,28,31). The van der Waals surface area contributed by atoms with Crippen LogP contribution in [0.1, 0.15) is 49.2 Å². The molecule has 180 valence electrons. The van der Waals surface area contributed by atoms with Gasteiger partial charge in [-0.05, 0) is 37.3 Å². The Morgan fingerprint density at radius 3 is 2.53 bits per heavy atom. The fraction of sp³-hybridized carbons (Fsp3) is 0.435. The van der Waals surface area contributed by atoms with Crippen LogP contribution in [0.5, 0.6) is 0 Å². The van der Waals surface area contributed by atoms with Crippen LogP contribution < -0.4 is 5.32 Å². The normalized spacial score (nSPS) is 19.6. The third-order valence-electron chi connectivity index (χ3n) is 6.07. The SMILES string of the molecule is CCC(Nc1cnc(C(F)(F)F)cn1)C1CCC(C)CN1C(=O)c1ccccc1-n1nccn1. The largest absolute Gasteiger partial charge is 0.434 e. The van der Waals surface area contributed by atoms with E-state index in [1.807, 2.05) is 17.9 Å². The van der Waals surface area contributed by atoms with Gasteiger partial charge >= 0.3 is 6.18 Å². The molecule has 0 spiro atoms. The summed E-state index contributed by atoms with van der Waals surface area (Å²) in [6.07, 6.45) is 2.70. The van der Waals surface area contributed by atoms with E-state index in [2.05, 4.69) is 32.4 Å². The Hall–Kier alpha value is -3.50. The highest BCUT2D eigenvalue weighted by molar-refractivity contribution is 5.98. The van der Waals surface area contributed by atoms with Gasteiger partial charge in [-0.2, -0.15) is 28.2 Å². The molecule has 3 unspecified atom stereocenters. The van der Waals surface area contributed by atoms with Crippen molar-refractivity contribution in [2.24, 2.45) is 5.92 Å². The number of likely N-dealkylation sites (tertiary alicyclic amines) is 1. The number of aromatic nitrogens is 5. The molecule has 3 atom stereocenters. The Kier molecular flexibility index (Phi) is 6.80. The molecule has 4 rings (SSSR count). The maximum Gasteiger partial charge on any atom is 0.434 e. The predicted octanol–water partition coefficient (Wildman–Crippen LogP) is 4.21. The van der Waals surface area contributed by atoms with Gasteiger partial charge in [0.2, 0.25) is 0 Å². The summed E-state index contributed by atoms with van der Waals surface area (Å²) in [5, 5.41) is 11.5. The quantitative estimate of drug-likeness (QED) is 0.577. The highest BCUT2D eigenvalue weighted by Crippen LogP contribution is 2.30. The van der Waals surface area contributed by atoms with Crippen molar-refractivity contribution in [3.05, 3.63) is 60.3 Å². The summed E-state index contributed by atoms with van der Waals surface area (Å²) in [6, 6.07) is 6.80. The van der Waals surface area contributed by atoms with Crippen LogP contribution in [-0.4, -0.2) is 54.4 Å². The molecule has 8 nitrogen and oxygen atoms in total. The molecule has 2 aromatic heterocycles. The van der Waals surface area contributed by atoms with Crippen LogP contribution in [0, 0.1) is 5.92 Å². The van der Waals surface area contributed by atoms with Crippen LogP contribution in [-0.2, 0) is 6.18 Å². The highest BCUT2D eigenvalue weighted by Gasteiger charge is 2.37.